The van der Waals surface area contributed by atoms with Crippen molar-refractivity contribution in [1.82, 2.24) is 14.5 Å². The van der Waals surface area contributed by atoms with Crippen LogP contribution in [-0.2, 0) is 21.2 Å². The fourth-order valence-corrected chi connectivity index (χ4v) is 4.93. The first-order chi connectivity index (χ1) is 17.1. The van der Waals surface area contributed by atoms with Crippen LogP contribution in [0.1, 0.15) is 22.5 Å². The van der Waals surface area contributed by atoms with Gasteiger partial charge in [0.05, 0.1) is 22.9 Å². The number of amides is 1. The lowest BCUT2D eigenvalue weighted by atomic mass is 10.0. The highest BCUT2D eigenvalue weighted by molar-refractivity contribution is 7.90. The van der Waals surface area contributed by atoms with Crippen LogP contribution in [0.2, 0.25) is 5.02 Å². The number of ether oxygens (including phenoxy) is 1. The molecule has 186 valence electrons. The van der Waals surface area contributed by atoms with Crippen molar-refractivity contribution >= 4 is 27.7 Å². The summed E-state index contributed by atoms with van der Waals surface area (Å²) in [5, 5.41) is 5.39. The largest absolute Gasteiger partial charge is 0.448 e. The predicted octanol–water partition coefficient (Wildman–Crippen LogP) is 5.78. The molecule has 0 aliphatic carbocycles. The van der Waals surface area contributed by atoms with Crippen molar-refractivity contribution < 1.29 is 17.9 Å². The number of rotatable bonds is 7. The summed E-state index contributed by atoms with van der Waals surface area (Å²) in [6.45, 7) is 5.88. The number of halogens is 1. The Balaban J connectivity index is 1.36. The van der Waals surface area contributed by atoms with Gasteiger partial charge in [0.15, 0.2) is 0 Å². The average molecular weight is 524 g/mol. The third kappa shape index (κ3) is 5.78. The first kappa shape index (κ1) is 25.5. The summed E-state index contributed by atoms with van der Waals surface area (Å²) >= 11 is 6.03. The molecule has 0 fully saturated rings. The van der Waals surface area contributed by atoms with Gasteiger partial charge in [-0.2, -0.15) is 5.10 Å². The number of nitrogens with one attached hydrogen (secondary N) is 1. The molecule has 1 heterocycles. The van der Waals surface area contributed by atoms with Gasteiger partial charge in [0, 0.05) is 22.7 Å². The zero-order valence-corrected chi connectivity index (χ0v) is 21.7. The molecule has 1 aromatic heterocycles. The van der Waals surface area contributed by atoms with E-state index in [9.17, 15) is 13.2 Å². The number of aromatic nitrogens is 2. The number of sulfonamides is 1. The van der Waals surface area contributed by atoms with Crippen molar-refractivity contribution in [2.24, 2.45) is 0 Å². The summed E-state index contributed by atoms with van der Waals surface area (Å²) in [7, 11) is -3.98. The molecule has 0 aliphatic rings. The van der Waals surface area contributed by atoms with Gasteiger partial charge in [-0.05, 0) is 68.3 Å². The van der Waals surface area contributed by atoms with E-state index in [0.29, 0.717) is 11.4 Å². The van der Waals surface area contributed by atoms with E-state index < -0.39 is 16.1 Å². The monoisotopic (exact) mass is 523 g/mol. The molecule has 1 amide bonds. The maximum absolute atomic E-state index is 12.3. The van der Waals surface area contributed by atoms with Crippen molar-refractivity contribution in [1.29, 1.82) is 0 Å². The van der Waals surface area contributed by atoms with Crippen LogP contribution in [0.4, 0.5) is 4.79 Å². The number of aryl methyl sites for hydroxylation is 2. The average Bonchev–Trinajstić information content (AvgIpc) is 3.14. The molecule has 0 saturated carbocycles. The Bertz CT molecular complexity index is 1480. The highest BCUT2D eigenvalue weighted by Crippen LogP contribution is 2.29. The fraction of sp³-hybridized carbons (Fsp3) is 0.185. The Kier molecular flexibility index (Phi) is 7.47. The minimum absolute atomic E-state index is 0.00371. The van der Waals surface area contributed by atoms with E-state index in [0.717, 1.165) is 39.3 Å². The molecule has 1 N–H and O–H groups in total. The van der Waals surface area contributed by atoms with E-state index in [-0.39, 0.29) is 11.5 Å². The molecule has 0 atom stereocenters. The van der Waals surface area contributed by atoms with Gasteiger partial charge >= 0.3 is 6.09 Å². The highest BCUT2D eigenvalue weighted by atomic mass is 35.5. The smallest absolute Gasteiger partial charge is 0.421 e. The quantitative estimate of drug-likeness (QED) is 0.332. The molecule has 0 saturated heterocycles. The molecular weight excluding hydrogens is 498 g/mol. The zero-order valence-electron chi connectivity index (χ0n) is 20.2. The van der Waals surface area contributed by atoms with Gasteiger partial charge in [-0.25, -0.2) is 22.6 Å². The van der Waals surface area contributed by atoms with Crippen LogP contribution in [0.15, 0.2) is 77.7 Å². The van der Waals surface area contributed by atoms with Gasteiger partial charge in [0.1, 0.15) is 0 Å². The summed E-state index contributed by atoms with van der Waals surface area (Å²) in [6, 6.07) is 21.6. The lowest BCUT2D eigenvalue weighted by Crippen LogP contribution is -2.31. The Labute approximate surface area is 215 Å². The maximum atomic E-state index is 12.3. The van der Waals surface area contributed by atoms with Crippen molar-refractivity contribution in [2.45, 2.75) is 32.1 Å². The number of hydrogen-bond donors (Lipinski definition) is 1. The van der Waals surface area contributed by atoms with Gasteiger partial charge in [0.2, 0.25) is 0 Å². The second-order valence-electron chi connectivity index (χ2n) is 8.44. The Morgan fingerprint density at radius 2 is 1.58 bits per heavy atom. The van der Waals surface area contributed by atoms with Gasteiger partial charge in [-0.3, -0.25) is 0 Å². The number of carbonyl (C=O) groups excluding carboxylic acids is 1. The van der Waals surface area contributed by atoms with E-state index in [1.807, 2.05) is 78.7 Å². The first-order valence-corrected chi connectivity index (χ1v) is 13.2. The Hall–Kier alpha value is -3.62. The van der Waals surface area contributed by atoms with Crippen molar-refractivity contribution in [3.05, 3.63) is 100 Å². The second kappa shape index (κ2) is 10.6. The molecule has 0 radical (unpaired) electrons. The molecule has 36 heavy (non-hydrogen) atoms. The zero-order chi connectivity index (χ0) is 25.9. The lowest BCUT2D eigenvalue weighted by molar-refractivity contribution is 0.154. The molecule has 0 unspecified atom stereocenters. The molecule has 7 nitrogen and oxygen atoms in total. The Morgan fingerprint density at radius 1 is 0.944 bits per heavy atom. The maximum Gasteiger partial charge on any atom is 0.421 e. The molecule has 3 aromatic carbocycles. The molecule has 4 aromatic rings. The standard InChI is InChI=1S/C27H26ClN3O4S/c1-18-4-14-25(15-5-18)36(33,34)30-27(32)35-17-16-21-6-12-24(13-7-21)31-20(3)26(19(2)29-31)22-8-10-23(28)11-9-22/h4-15H,16-17H2,1-3H3,(H,30,32). The summed E-state index contributed by atoms with van der Waals surface area (Å²) in [6.07, 6.45) is -0.574. The van der Waals surface area contributed by atoms with Crippen LogP contribution >= 0.6 is 11.6 Å². The van der Waals surface area contributed by atoms with E-state index >= 15 is 0 Å². The normalized spacial score (nSPS) is 11.3. The fourth-order valence-electron chi connectivity index (χ4n) is 3.91. The molecular formula is C27H26ClN3O4S. The molecule has 9 heteroatoms. The van der Waals surface area contributed by atoms with Crippen LogP contribution in [0.5, 0.6) is 0 Å². The summed E-state index contributed by atoms with van der Waals surface area (Å²) in [5.41, 5.74) is 6.81. The minimum atomic E-state index is -3.98. The van der Waals surface area contributed by atoms with Crippen LogP contribution < -0.4 is 4.72 Å². The van der Waals surface area contributed by atoms with Gasteiger partial charge in [0.25, 0.3) is 10.0 Å². The molecule has 4 rings (SSSR count). The summed E-state index contributed by atoms with van der Waals surface area (Å²) in [4.78, 5) is 12.0. The third-order valence-electron chi connectivity index (χ3n) is 5.78. The van der Waals surface area contributed by atoms with Crippen molar-refractivity contribution in [3.63, 3.8) is 0 Å². The molecule has 0 spiro atoms. The number of nitrogens with zero attached hydrogens (tertiary/aromatic N) is 2. The third-order valence-corrected chi connectivity index (χ3v) is 7.36. The summed E-state index contributed by atoms with van der Waals surface area (Å²) in [5.74, 6) is 0. The second-order valence-corrected chi connectivity index (χ2v) is 10.6. The van der Waals surface area contributed by atoms with Crippen molar-refractivity contribution in [3.8, 4) is 16.8 Å². The van der Waals surface area contributed by atoms with Crippen LogP contribution in [0.25, 0.3) is 16.8 Å². The SMILES string of the molecule is Cc1ccc(S(=O)(=O)NC(=O)OCCc2ccc(-n3nc(C)c(-c4ccc(Cl)cc4)c3C)cc2)cc1. The summed E-state index contributed by atoms with van der Waals surface area (Å²) < 4.78 is 33.5. The lowest BCUT2D eigenvalue weighted by Gasteiger charge is -2.09. The minimum Gasteiger partial charge on any atom is -0.448 e. The van der Waals surface area contributed by atoms with Gasteiger partial charge < -0.3 is 4.74 Å². The first-order valence-electron chi connectivity index (χ1n) is 11.3. The van der Waals surface area contributed by atoms with E-state index in [4.69, 9.17) is 21.4 Å². The number of carbonyl (C=O) groups is 1. The van der Waals surface area contributed by atoms with Crippen LogP contribution in [-0.4, -0.2) is 30.9 Å². The van der Waals surface area contributed by atoms with Crippen LogP contribution in [0.3, 0.4) is 0 Å². The number of hydrogen-bond acceptors (Lipinski definition) is 5. The van der Waals surface area contributed by atoms with Crippen molar-refractivity contribution in [2.75, 3.05) is 6.61 Å². The molecule has 0 aliphatic heterocycles. The molecule has 0 bridgehead atoms. The van der Waals surface area contributed by atoms with Gasteiger partial charge in [-0.15, -0.1) is 0 Å². The van der Waals surface area contributed by atoms with E-state index in [1.54, 1.807) is 12.1 Å². The number of benzene rings is 3. The predicted molar refractivity (Wildman–Crippen MR) is 140 cm³/mol. The highest BCUT2D eigenvalue weighted by Gasteiger charge is 2.18. The van der Waals surface area contributed by atoms with E-state index in [1.165, 1.54) is 12.1 Å². The van der Waals surface area contributed by atoms with Gasteiger partial charge in [-0.1, -0.05) is 53.6 Å². The Morgan fingerprint density at radius 3 is 2.22 bits per heavy atom. The van der Waals surface area contributed by atoms with E-state index in [2.05, 4.69) is 0 Å². The topological polar surface area (TPSA) is 90.3 Å². The van der Waals surface area contributed by atoms with Crippen LogP contribution in [0, 0.1) is 20.8 Å².